The van der Waals surface area contributed by atoms with Gasteiger partial charge in [0, 0.05) is 13.1 Å². The van der Waals surface area contributed by atoms with Crippen LogP contribution in [0.1, 0.15) is 39.0 Å². The van der Waals surface area contributed by atoms with Crippen LogP contribution in [0.5, 0.6) is 0 Å². The van der Waals surface area contributed by atoms with Crippen LogP contribution in [-0.2, 0) is 4.79 Å². The maximum Gasteiger partial charge on any atom is 0.281 e. The summed E-state index contributed by atoms with van der Waals surface area (Å²) in [6.45, 7) is 5.75. The number of nitrogens with zero attached hydrogens (tertiary/aromatic N) is 3. The number of likely N-dealkylation sites (N-methyl/N-ethyl adjacent to an activating group) is 1. The number of hydrogen-bond donors (Lipinski definition) is 1. The smallest absolute Gasteiger partial charge is 0.281 e. The van der Waals surface area contributed by atoms with Crippen molar-refractivity contribution in [2.24, 2.45) is 0 Å². The molecule has 0 bridgehead atoms. The third-order valence-electron chi connectivity index (χ3n) is 6.28. The fourth-order valence-corrected chi connectivity index (χ4v) is 4.38. The number of aromatic amines is 1. The average Bonchev–Trinajstić information content (AvgIpc) is 2.73. The molecule has 1 aliphatic carbocycles. The van der Waals surface area contributed by atoms with E-state index in [1.807, 2.05) is 32.3 Å². The molecule has 1 amide bonds. The topological polar surface area (TPSA) is 65.9 Å². The van der Waals surface area contributed by atoms with Crippen molar-refractivity contribution in [3.8, 4) is 6.07 Å². The second-order valence-electron chi connectivity index (χ2n) is 7.72. The third-order valence-corrected chi connectivity index (χ3v) is 6.28. The van der Waals surface area contributed by atoms with E-state index in [1.165, 1.54) is 11.3 Å². The van der Waals surface area contributed by atoms with Crippen molar-refractivity contribution in [3.05, 3.63) is 24.4 Å². The van der Waals surface area contributed by atoms with Crippen LogP contribution < -0.4 is 14.8 Å². The molecule has 6 heteroatoms. The number of pyridine rings is 1. The van der Waals surface area contributed by atoms with E-state index in [0.29, 0.717) is 0 Å². The molecule has 26 heavy (non-hydrogen) atoms. The first-order valence-electron chi connectivity index (χ1n) is 9.82. The Balaban J connectivity index is 1.60. The van der Waals surface area contributed by atoms with Gasteiger partial charge in [-0.05, 0) is 25.8 Å². The Bertz CT molecular complexity index is 642. The molecule has 1 saturated carbocycles. The van der Waals surface area contributed by atoms with Crippen LogP contribution in [0.3, 0.4) is 0 Å². The minimum atomic E-state index is -0.593. The van der Waals surface area contributed by atoms with Gasteiger partial charge in [-0.1, -0.05) is 25.3 Å². The molecule has 1 atom stereocenters. The monoisotopic (exact) mass is 357 g/mol. The Hall–Kier alpha value is -2.13. The van der Waals surface area contributed by atoms with Gasteiger partial charge in [-0.25, -0.2) is 4.98 Å². The Morgan fingerprint density at radius 2 is 2.00 bits per heavy atom. The Kier molecular flexibility index (Phi) is 5.77. The Morgan fingerprint density at radius 3 is 2.58 bits per heavy atom. The SMILES string of the molecule is C[C@@H](C(=O)N(C)C1(C#N)CCCCC1)[NH+]1CCN(c2cccc[nH+]2)CC1. The summed E-state index contributed by atoms with van der Waals surface area (Å²) in [5.41, 5.74) is -0.593. The normalized spacial score (nSPS) is 21.7. The number of carbonyl (C=O) groups excluding carboxylic acids is 1. The molecule has 6 nitrogen and oxygen atoms in total. The molecule has 3 rings (SSSR count). The standard InChI is InChI=1S/C20H29N5O/c1-17(19(26)23(2)20(16-21)9-5-3-6-10-20)24-12-14-25(15-13-24)18-8-4-7-11-22-18/h4,7-8,11,17H,3,5-6,9-10,12-15H2,1-2H3/p+2/t17-/m0/s1. The van der Waals surface area contributed by atoms with E-state index in [-0.39, 0.29) is 11.9 Å². The van der Waals surface area contributed by atoms with E-state index in [9.17, 15) is 10.1 Å². The number of hydrogen-bond acceptors (Lipinski definition) is 3. The van der Waals surface area contributed by atoms with E-state index < -0.39 is 5.54 Å². The van der Waals surface area contributed by atoms with Crippen molar-refractivity contribution in [2.45, 2.75) is 50.6 Å². The van der Waals surface area contributed by atoms with Crippen LogP contribution in [0.25, 0.3) is 0 Å². The second kappa shape index (κ2) is 8.05. The van der Waals surface area contributed by atoms with Gasteiger partial charge >= 0.3 is 0 Å². The second-order valence-corrected chi connectivity index (χ2v) is 7.72. The molecule has 0 radical (unpaired) electrons. The highest BCUT2D eigenvalue weighted by Crippen LogP contribution is 2.32. The number of amides is 1. The number of rotatable bonds is 4. The number of anilines is 1. The van der Waals surface area contributed by atoms with Gasteiger partial charge < -0.3 is 9.80 Å². The predicted molar refractivity (Wildman–Crippen MR) is 99.6 cm³/mol. The molecular formula is C20H31N5O+2. The highest BCUT2D eigenvalue weighted by atomic mass is 16.2. The molecule has 0 unspecified atom stereocenters. The summed E-state index contributed by atoms with van der Waals surface area (Å²) in [4.78, 5) is 21.8. The summed E-state index contributed by atoms with van der Waals surface area (Å²) in [6, 6.07) is 8.48. The van der Waals surface area contributed by atoms with Gasteiger partial charge in [0.05, 0.1) is 12.3 Å². The lowest BCUT2D eigenvalue weighted by Gasteiger charge is -2.41. The summed E-state index contributed by atoms with van der Waals surface area (Å²) in [7, 11) is 1.84. The summed E-state index contributed by atoms with van der Waals surface area (Å²) >= 11 is 0. The molecule has 2 heterocycles. The molecule has 2 N–H and O–H groups in total. The zero-order valence-corrected chi connectivity index (χ0v) is 16.0. The zero-order valence-electron chi connectivity index (χ0n) is 16.0. The number of nitrogens with one attached hydrogen (secondary N) is 2. The van der Waals surface area contributed by atoms with Crippen molar-refractivity contribution >= 4 is 11.7 Å². The van der Waals surface area contributed by atoms with Crippen LogP contribution in [0.2, 0.25) is 0 Å². The van der Waals surface area contributed by atoms with Crippen LogP contribution in [0.4, 0.5) is 5.82 Å². The van der Waals surface area contributed by atoms with Crippen LogP contribution in [0, 0.1) is 11.3 Å². The molecule has 0 aromatic carbocycles. The molecule has 2 aliphatic rings. The lowest BCUT2D eigenvalue weighted by molar-refractivity contribution is -0.915. The van der Waals surface area contributed by atoms with Gasteiger partial charge in [-0.3, -0.25) is 9.69 Å². The molecule has 0 spiro atoms. The summed E-state index contributed by atoms with van der Waals surface area (Å²) in [5, 5.41) is 9.75. The maximum atomic E-state index is 13.1. The van der Waals surface area contributed by atoms with Crippen molar-refractivity contribution in [1.29, 1.82) is 5.26 Å². The Labute approximate surface area is 156 Å². The summed E-state index contributed by atoms with van der Waals surface area (Å²) in [6.07, 6.45) is 6.82. The number of piperazine rings is 1. The number of aromatic nitrogens is 1. The fourth-order valence-electron chi connectivity index (χ4n) is 4.38. The van der Waals surface area contributed by atoms with Crippen molar-refractivity contribution in [2.75, 3.05) is 38.1 Å². The average molecular weight is 358 g/mol. The van der Waals surface area contributed by atoms with Crippen molar-refractivity contribution in [3.63, 3.8) is 0 Å². The van der Waals surface area contributed by atoms with E-state index >= 15 is 0 Å². The van der Waals surface area contributed by atoms with Crippen LogP contribution in [-0.4, -0.2) is 55.6 Å². The van der Waals surface area contributed by atoms with Gasteiger partial charge in [0.2, 0.25) is 0 Å². The van der Waals surface area contributed by atoms with Gasteiger partial charge in [0.25, 0.3) is 11.7 Å². The van der Waals surface area contributed by atoms with Crippen molar-refractivity contribution < 1.29 is 14.7 Å². The van der Waals surface area contributed by atoms with E-state index in [1.54, 1.807) is 4.90 Å². The molecule has 2 fully saturated rings. The third kappa shape index (κ3) is 3.68. The van der Waals surface area contributed by atoms with E-state index in [4.69, 9.17) is 0 Å². The van der Waals surface area contributed by atoms with Gasteiger partial charge in [-0.15, -0.1) is 0 Å². The predicted octanol–water partition coefficient (Wildman–Crippen LogP) is 0.279. The first kappa shape index (κ1) is 18.7. The van der Waals surface area contributed by atoms with Crippen molar-refractivity contribution in [1.82, 2.24) is 4.90 Å². The lowest BCUT2D eigenvalue weighted by atomic mass is 9.81. The molecule has 1 aromatic heterocycles. The molecular weight excluding hydrogens is 326 g/mol. The first-order valence-corrected chi connectivity index (χ1v) is 9.82. The van der Waals surface area contributed by atoms with Gasteiger partial charge in [0.15, 0.2) is 6.04 Å². The number of carbonyl (C=O) groups is 1. The molecule has 1 aromatic rings. The lowest BCUT2D eigenvalue weighted by Crippen LogP contribution is -3.19. The molecule has 1 aliphatic heterocycles. The molecule has 140 valence electrons. The largest absolute Gasteiger partial charge is 0.322 e. The minimum Gasteiger partial charge on any atom is -0.322 e. The number of nitriles is 1. The summed E-state index contributed by atoms with van der Waals surface area (Å²) in [5.74, 6) is 1.25. The first-order chi connectivity index (χ1) is 12.6. The van der Waals surface area contributed by atoms with Crippen LogP contribution in [0.15, 0.2) is 24.4 Å². The maximum absolute atomic E-state index is 13.1. The minimum absolute atomic E-state index is 0.103. The van der Waals surface area contributed by atoms with Gasteiger partial charge in [-0.2, -0.15) is 5.26 Å². The molecule has 1 saturated heterocycles. The van der Waals surface area contributed by atoms with E-state index in [2.05, 4.69) is 22.0 Å². The quantitative estimate of drug-likeness (QED) is 0.842. The summed E-state index contributed by atoms with van der Waals surface area (Å²) < 4.78 is 0. The van der Waals surface area contributed by atoms with Gasteiger partial charge in [0.1, 0.15) is 31.7 Å². The number of quaternary nitrogens is 1. The zero-order chi connectivity index (χ0) is 18.6. The van der Waals surface area contributed by atoms with Crippen LogP contribution >= 0.6 is 0 Å². The Morgan fingerprint density at radius 1 is 1.31 bits per heavy atom. The highest BCUT2D eigenvalue weighted by molar-refractivity contribution is 5.81. The highest BCUT2D eigenvalue weighted by Gasteiger charge is 2.43. The number of H-pyrrole nitrogens is 1. The fraction of sp³-hybridized carbons (Fsp3) is 0.650. The van der Waals surface area contributed by atoms with E-state index in [0.717, 1.165) is 57.7 Å².